The molecule has 0 spiro atoms. The van der Waals surface area contributed by atoms with Crippen LogP contribution in [0.4, 0.5) is 0 Å². The van der Waals surface area contributed by atoms with Crippen LogP contribution in [0, 0.1) is 0 Å². The first-order valence-electron chi connectivity index (χ1n) is 9.49. The summed E-state index contributed by atoms with van der Waals surface area (Å²) >= 11 is 0. The van der Waals surface area contributed by atoms with Crippen molar-refractivity contribution >= 4 is 5.91 Å². The van der Waals surface area contributed by atoms with E-state index in [0.717, 1.165) is 0 Å². The van der Waals surface area contributed by atoms with Crippen LogP contribution < -0.4 is 22.1 Å². The van der Waals surface area contributed by atoms with Gasteiger partial charge in [0.15, 0.2) is 5.79 Å². The first-order valence-corrected chi connectivity index (χ1v) is 9.49. The Morgan fingerprint density at radius 3 is 2.70 bits per heavy atom. The lowest BCUT2D eigenvalue weighted by Gasteiger charge is -2.37. The Labute approximate surface area is 170 Å². The third-order valence-corrected chi connectivity index (χ3v) is 5.10. The van der Waals surface area contributed by atoms with Crippen molar-refractivity contribution in [2.75, 3.05) is 13.2 Å². The summed E-state index contributed by atoms with van der Waals surface area (Å²) in [6.07, 6.45) is 1.18. The van der Waals surface area contributed by atoms with Crippen molar-refractivity contribution in [2.45, 2.75) is 44.0 Å². The van der Waals surface area contributed by atoms with Crippen LogP contribution in [0.15, 0.2) is 45.0 Å². The Bertz CT molecular complexity index is 1120. The third-order valence-electron chi connectivity index (χ3n) is 5.10. The normalized spacial score (nSPS) is 27.4. The van der Waals surface area contributed by atoms with Crippen LogP contribution in [-0.2, 0) is 14.2 Å². The number of carbonyl (C=O) groups excluding carboxylic acids is 1. The predicted octanol–water partition coefficient (Wildman–Crippen LogP) is -0.885. The van der Waals surface area contributed by atoms with Crippen LogP contribution in [0.25, 0.3) is 0 Å². The van der Waals surface area contributed by atoms with Gasteiger partial charge in [-0.1, -0.05) is 0 Å². The molecule has 30 heavy (non-hydrogen) atoms. The molecule has 2 fully saturated rings. The number of hydrogen-bond acceptors (Lipinski definition) is 7. The maximum atomic E-state index is 12.4. The summed E-state index contributed by atoms with van der Waals surface area (Å²) in [6, 6.07) is 3.45. The highest BCUT2D eigenvalue weighted by Gasteiger charge is 2.52. The lowest BCUT2D eigenvalue weighted by molar-refractivity contribution is -0.153. The zero-order valence-corrected chi connectivity index (χ0v) is 16.4. The fourth-order valence-corrected chi connectivity index (χ4v) is 3.80. The largest absolute Gasteiger partial charge is 0.371 e. The van der Waals surface area contributed by atoms with E-state index >= 15 is 0 Å². The van der Waals surface area contributed by atoms with Crippen molar-refractivity contribution < 1.29 is 19.0 Å². The molecular weight excluding hydrogens is 396 g/mol. The van der Waals surface area contributed by atoms with E-state index < -0.39 is 47.3 Å². The number of aromatic amines is 2. The molecule has 2 aromatic heterocycles. The molecule has 11 heteroatoms. The summed E-state index contributed by atoms with van der Waals surface area (Å²) in [5.41, 5.74) is -1.20. The molecule has 4 heterocycles. The maximum Gasteiger partial charge on any atom is 0.328 e. The smallest absolute Gasteiger partial charge is 0.328 e. The Morgan fingerprint density at radius 2 is 1.97 bits per heavy atom. The molecule has 3 N–H and O–H groups in total. The van der Waals surface area contributed by atoms with Gasteiger partial charge in [-0.05, 0) is 19.9 Å². The predicted molar refractivity (Wildman–Crippen MR) is 103 cm³/mol. The molecule has 0 unspecified atom stereocenters. The Hall–Kier alpha value is -3.02. The van der Waals surface area contributed by atoms with Crippen molar-refractivity contribution in [3.8, 4) is 0 Å². The van der Waals surface area contributed by atoms with Crippen LogP contribution in [0.3, 0.4) is 0 Å². The summed E-state index contributed by atoms with van der Waals surface area (Å²) in [7, 11) is 0. The average Bonchev–Trinajstić information content (AvgIpc) is 3.01. The van der Waals surface area contributed by atoms with E-state index in [0.29, 0.717) is 0 Å². The number of rotatable bonds is 4. The van der Waals surface area contributed by atoms with E-state index in [9.17, 15) is 19.2 Å². The fourth-order valence-electron chi connectivity index (χ4n) is 3.80. The number of nitrogens with one attached hydrogen (secondary N) is 3. The third kappa shape index (κ3) is 3.99. The molecule has 11 nitrogen and oxygen atoms in total. The lowest BCUT2D eigenvalue weighted by atomic mass is 9.97. The van der Waals surface area contributed by atoms with Gasteiger partial charge in [0.1, 0.15) is 18.3 Å². The molecule has 0 radical (unpaired) electrons. The van der Waals surface area contributed by atoms with Gasteiger partial charge in [-0.25, -0.2) is 4.79 Å². The SMILES string of the molecule is CC1(C)O[C@@H]2[C@H](O1)[C@@H](CNC(=O)c1cc[nH]c(=O)c1)OC[C@H]2n1ccc(=O)[nH]c1=O. The molecule has 0 aromatic carbocycles. The second-order valence-corrected chi connectivity index (χ2v) is 7.67. The topological polar surface area (TPSA) is 145 Å². The molecule has 2 saturated heterocycles. The summed E-state index contributed by atoms with van der Waals surface area (Å²) < 4.78 is 19.3. The minimum absolute atomic E-state index is 0.123. The zero-order valence-electron chi connectivity index (χ0n) is 16.4. The van der Waals surface area contributed by atoms with Gasteiger partial charge in [-0.3, -0.25) is 23.9 Å². The molecule has 4 atom stereocenters. The standard InChI is InChI=1S/C19H22N4O7/c1-19(2)29-15-11(23-6-4-13(24)22-18(23)27)9-28-12(16(15)30-19)8-21-17(26)10-3-5-20-14(25)7-10/h3-7,11-12,15-16H,8-9H2,1-2H3,(H,20,25)(H,21,26)(H,22,24,27)/t11-,12-,15+,16-/m1/s1. The number of nitrogens with zero attached hydrogens (tertiary/aromatic N) is 1. The van der Waals surface area contributed by atoms with Crippen molar-refractivity contribution in [3.63, 3.8) is 0 Å². The van der Waals surface area contributed by atoms with Crippen LogP contribution in [0.1, 0.15) is 30.2 Å². The van der Waals surface area contributed by atoms with E-state index in [4.69, 9.17) is 14.2 Å². The minimum Gasteiger partial charge on any atom is -0.371 e. The summed E-state index contributed by atoms with van der Waals surface area (Å²) in [5, 5.41) is 2.74. The van der Waals surface area contributed by atoms with Crippen LogP contribution >= 0.6 is 0 Å². The van der Waals surface area contributed by atoms with E-state index in [-0.39, 0.29) is 24.3 Å². The number of ether oxygens (including phenoxy) is 3. The molecule has 1 amide bonds. The Morgan fingerprint density at radius 1 is 1.20 bits per heavy atom. The van der Waals surface area contributed by atoms with Gasteiger partial charge in [0, 0.05) is 36.6 Å². The zero-order chi connectivity index (χ0) is 21.5. The van der Waals surface area contributed by atoms with Crippen LogP contribution in [-0.4, -0.2) is 57.7 Å². The molecule has 2 aliphatic heterocycles. The monoisotopic (exact) mass is 418 g/mol. The van der Waals surface area contributed by atoms with Gasteiger partial charge in [-0.15, -0.1) is 0 Å². The summed E-state index contributed by atoms with van der Waals surface area (Å²) in [5.74, 6) is -1.33. The summed E-state index contributed by atoms with van der Waals surface area (Å²) in [6.45, 7) is 3.76. The number of hydrogen-bond donors (Lipinski definition) is 3. The molecule has 0 aliphatic carbocycles. The van der Waals surface area contributed by atoms with Gasteiger partial charge in [0.25, 0.3) is 11.5 Å². The molecule has 0 bridgehead atoms. The number of aromatic nitrogens is 3. The highest BCUT2D eigenvalue weighted by Crippen LogP contribution is 2.39. The number of amides is 1. The molecule has 160 valence electrons. The second-order valence-electron chi connectivity index (χ2n) is 7.67. The highest BCUT2D eigenvalue weighted by atomic mass is 16.8. The Balaban J connectivity index is 1.52. The second kappa shape index (κ2) is 7.67. The van der Waals surface area contributed by atoms with Crippen molar-refractivity contribution in [3.05, 3.63) is 67.3 Å². The van der Waals surface area contributed by atoms with Crippen molar-refractivity contribution in [1.82, 2.24) is 19.9 Å². The van der Waals surface area contributed by atoms with Crippen LogP contribution in [0.5, 0.6) is 0 Å². The molecule has 0 saturated carbocycles. The van der Waals surface area contributed by atoms with Gasteiger partial charge < -0.3 is 24.5 Å². The average molecular weight is 418 g/mol. The van der Waals surface area contributed by atoms with Crippen molar-refractivity contribution in [2.24, 2.45) is 0 Å². The number of carbonyl (C=O) groups is 1. The first-order chi connectivity index (χ1) is 14.2. The van der Waals surface area contributed by atoms with Gasteiger partial charge in [-0.2, -0.15) is 0 Å². The maximum absolute atomic E-state index is 12.4. The van der Waals surface area contributed by atoms with Gasteiger partial charge >= 0.3 is 5.69 Å². The quantitative estimate of drug-likeness (QED) is 0.584. The van der Waals surface area contributed by atoms with Crippen LogP contribution in [0.2, 0.25) is 0 Å². The molecular formula is C19H22N4O7. The number of pyridine rings is 1. The fraction of sp³-hybridized carbons (Fsp3) is 0.474. The van der Waals surface area contributed by atoms with Gasteiger partial charge in [0.2, 0.25) is 5.56 Å². The molecule has 4 rings (SSSR count). The molecule has 2 aromatic rings. The lowest BCUT2D eigenvalue weighted by Crippen LogP contribution is -2.54. The van der Waals surface area contributed by atoms with E-state index in [1.807, 2.05) is 0 Å². The van der Waals surface area contributed by atoms with E-state index in [1.165, 1.54) is 35.2 Å². The van der Waals surface area contributed by atoms with E-state index in [2.05, 4.69) is 15.3 Å². The first kappa shape index (κ1) is 20.3. The Kier molecular flexibility index (Phi) is 5.18. The minimum atomic E-state index is -0.915. The van der Waals surface area contributed by atoms with Gasteiger partial charge in [0.05, 0.1) is 12.6 Å². The number of fused-ring (bicyclic) bond motifs is 1. The highest BCUT2D eigenvalue weighted by molar-refractivity contribution is 5.93. The number of H-pyrrole nitrogens is 2. The van der Waals surface area contributed by atoms with Crippen molar-refractivity contribution in [1.29, 1.82) is 0 Å². The molecule has 2 aliphatic rings. The van der Waals surface area contributed by atoms with E-state index in [1.54, 1.807) is 13.8 Å². The summed E-state index contributed by atoms with van der Waals surface area (Å²) in [4.78, 5) is 52.0.